The Kier molecular flexibility index (Phi) is 4.67. The zero-order chi connectivity index (χ0) is 15.6. The molecule has 1 fully saturated rings. The summed E-state index contributed by atoms with van der Waals surface area (Å²) in [6.07, 6.45) is 1.10. The van der Waals surface area contributed by atoms with Crippen LogP contribution in [0.3, 0.4) is 0 Å². The van der Waals surface area contributed by atoms with Crippen molar-refractivity contribution in [2.45, 2.75) is 25.6 Å². The predicted molar refractivity (Wildman–Crippen MR) is 77.4 cm³/mol. The summed E-state index contributed by atoms with van der Waals surface area (Å²) in [4.78, 5) is 15.9. The molecule has 1 amide bonds. The predicted octanol–water partition coefficient (Wildman–Crippen LogP) is 0.0603. The normalized spacial score (nSPS) is 18.7. The summed E-state index contributed by atoms with van der Waals surface area (Å²) in [5, 5.41) is 2.87. The van der Waals surface area contributed by atoms with Crippen LogP contribution in [0.4, 0.5) is 0 Å². The summed E-state index contributed by atoms with van der Waals surface area (Å²) in [5.74, 6) is 0.490. The Hall–Kier alpha value is -1.41. The van der Waals surface area contributed by atoms with Gasteiger partial charge in [-0.15, -0.1) is 0 Å². The third-order valence-electron chi connectivity index (χ3n) is 3.73. The molecule has 2 heterocycles. The molecule has 0 bridgehead atoms. The second-order valence-corrected chi connectivity index (χ2v) is 7.87. The Morgan fingerprint density at radius 3 is 2.48 bits per heavy atom. The van der Waals surface area contributed by atoms with Gasteiger partial charge in [-0.25, -0.2) is 8.42 Å². The van der Waals surface area contributed by atoms with Gasteiger partial charge in [-0.3, -0.25) is 9.69 Å². The molecule has 0 aliphatic carbocycles. The first-order valence-corrected chi connectivity index (χ1v) is 8.85. The summed E-state index contributed by atoms with van der Waals surface area (Å²) >= 11 is 0. The highest BCUT2D eigenvalue weighted by Gasteiger charge is 2.30. The smallest absolute Gasteiger partial charge is 0.240 e. The van der Waals surface area contributed by atoms with Gasteiger partial charge in [-0.1, -0.05) is 5.16 Å². The lowest BCUT2D eigenvalue weighted by molar-refractivity contribution is -0.132. The van der Waals surface area contributed by atoms with Crippen molar-refractivity contribution in [3.63, 3.8) is 0 Å². The molecule has 8 heteroatoms. The first kappa shape index (κ1) is 16.0. The van der Waals surface area contributed by atoms with E-state index in [-0.39, 0.29) is 5.91 Å². The van der Waals surface area contributed by atoms with Crippen LogP contribution in [0.25, 0.3) is 0 Å². The number of carbonyl (C=O) groups excluding carboxylic acids is 1. The fourth-order valence-electron chi connectivity index (χ4n) is 2.28. The molecular formula is C13H21N3O4S. The molecule has 1 aliphatic rings. The maximum atomic E-state index is 12.1. The average molecular weight is 315 g/mol. The second kappa shape index (κ2) is 6.15. The number of aryl methyl sites for hydroxylation is 1. The summed E-state index contributed by atoms with van der Waals surface area (Å²) in [6, 6.07) is 1.89. The number of nitrogens with zero attached hydrogens (tertiary/aromatic N) is 3. The van der Waals surface area contributed by atoms with E-state index in [1.807, 2.05) is 13.0 Å². The van der Waals surface area contributed by atoms with Crippen LogP contribution >= 0.6 is 0 Å². The van der Waals surface area contributed by atoms with Gasteiger partial charge in [0.15, 0.2) is 15.6 Å². The van der Waals surface area contributed by atoms with E-state index in [9.17, 15) is 13.2 Å². The standard InChI is InChI=1S/C13H21N3O4S/c1-10-8-12(20-14-10)9-15-4-6-16(7-5-15)13(17)11(2)21(3,18)19/h8,11H,4-7,9H2,1-3H3. The van der Waals surface area contributed by atoms with E-state index in [0.29, 0.717) is 32.7 Å². The monoisotopic (exact) mass is 315 g/mol. The number of rotatable bonds is 4. The Bertz CT molecular complexity index is 603. The van der Waals surface area contributed by atoms with Gasteiger partial charge in [0.1, 0.15) is 5.25 Å². The van der Waals surface area contributed by atoms with E-state index >= 15 is 0 Å². The van der Waals surface area contributed by atoms with Gasteiger partial charge in [0.2, 0.25) is 5.91 Å². The van der Waals surface area contributed by atoms with Crippen LogP contribution in [0.5, 0.6) is 0 Å². The molecule has 1 aromatic heterocycles. The first-order chi connectivity index (χ1) is 9.77. The number of sulfone groups is 1. The summed E-state index contributed by atoms with van der Waals surface area (Å²) < 4.78 is 28.1. The highest BCUT2D eigenvalue weighted by molar-refractivity contribution is 7.92. The maximum absolute atomic E-state index is 12.1. The van der Waals surface area contributed by atoms with Crippen LogP contribution in [0, 0.1) is 6.92 Å². The van der Waals surface area contributed by atoms with E-state index in [0.717, 1.165) is 17.7 Å². The minimum atomic E-state index is -3.34. The molecule has 1 unspecified atom stereocenters. The van der Waals surface area contributed by atoms with Gasteiger partial charge in [0.25, 0.3) is 0 Å². The van der Waals surface area contributed by atoms with Crippen LogP contribution in [0.15, 0.2) is 10.6 Å². The van der Waals surface area contributed by atoms with E-state index < -0.39 is 15.1 Å². The van der Waals surface area contributed by atoms with E-state index in [4.69, 9.17) is 4.52 Å². The lowest BCUT2D eigenvalue weighted by atomic mass is 10.2. The molecule has 1 aromatic rings. The Morgan fingerprint density at radius 2 is 2.00 bits per heavy atom. The topological polar surface area (TPSA) is 83.7 Å². The Balaban J connectivity index is 1.87. The molecule has 118 valence electrons. The van der Waals surface area contributed by atoms with E-state index in [1.54, 1.807) is 4.90 Å². The second-order valence-electron chi connectivity index (χ2n) is 5.51. The fraction of sp³-hybridized carbons (Fsp3) is 0.692. The molecule has 0 aromatic carbocycles. The molecule has 0 saturated carbocycles. The molecule has 1 aliphatic heterocycles. The first-order valence-electron chi connectivity index (χ1n) is 6.89. The quantitative estimate of drug-likeness (QED) is 0.781. The van der Waals surface area contributed by atoms with Crippen LogP contribution in [0.2, 0.25) is 0 Å². The van der Waals surface area contributed by atoms with Crippen molar-refractivity contribution in [3.05, 3.63) is 17.5 Å². The van der Waals surface area contributed by atoms with Gasteiger partial charge in [0, 0.05) is 38.5 Å². The van der Waals surface area contributed by atoms with Crippen molar-refractivity contribution in [1.82, 2.24) is 15.0 Å². The highest BCUT2D eigenvalue weighted by atomic mass is 32.2. The van der Waals surface area contributed by atoms with Crippen molar-refractivity contribution in [2.75, 3.05) is 32.4 Å². The Labute approximate surface area is 124 Å². The summed E-state index contributed by atoms with van der Waals surface area (Å²) in [7, 11) is -3.34. The molecular weight excluding hydrogens is 294 g/mol. The fourth-order valence-corrected chi connectivity index (χ4v) is 2.79. The van der Waals surface area contributed by atoms with Gasteiger partial charge in [-0.2, -0.15) is 0 Å². The zero-order valence-electron chi connectivity index (χ0n) is 12.6. The van der Waals surface area contributed by atoms with Gasteiger partial charge in [-0.05, 0) is 13.8 Å². The number of carbonyl (C=O) groups is 1. The third kappa shape index (κ3) is 4.04. The molecule has 1 saturated heterocycles. The lowest BCUT2D eigenvalue weighted by Gasteiger charge is -2.35. The van der Waals surface area contributed by atoms with E-state index in [2.05, 4.69) is 10.1 Å². The number of aromatic nitrogens is 1. The molecule has 0 spiro atoms. The van der Waals surface area contributed by atoms with Crippen molar-refractivity contribution < 1.29 is 17.7 Å². The van der Waals surface area contributed by atoms with Crippen LogP contribution in [0.1, 0.15) is 18.4 Å². The number of piperazine rings is 1. The molecule has 1 atom stereocenters. The molecule has 0 N–H and O–H groups in total. The molecule has 2 rings (SSSR count). The number of hydrogen-bond acceptors (Lipinski definition) is 6. The van der Waals surface area contributed by atoms with Gasteiger partial charge in [0.05, 0.1) is 12.2 Å². The van der Waals surface area contributed by atoms with Crippen LogP contribution in [-0.2, 0) is 21.2 Å². The highest BCUT2D eigenvalue weighted by Crippen LogP contribution is 2.12. The molecule has 21 heavy (non-hydrogen) atoms. The lowest BCUT2D eigenvalue weighted by Crippen LogP contribution is -2.51. The molecule has 7 nitrogen and oxygen atoms in total. The summed E-state index contributed by atoms with van der Waals surface area (Å²) in [6.45, 7) is 6.43. The van der Waals surface area contributed by atoms with Crippen molar-refractivity contribution in [1.29, 1.82) is 0 Å². The van der Waals surface area contributed by atoms with Gasteiger partial charge < -0.3 is 9.42 Å². The van der Waals surface area contributed by atoms with Gasteiger partial charge >= 0.3 is 0 Å². The van der Waals surface area contributed by atoms with Crippen molar-refractivity contribution in [2.24, 2.45) is 0 Å². The SMILES string of the molecule is Cc1cc(CN2CCN(C(=O)C(C)S(C)(=O)=O)CC2)on1. The van der Waals surface area contributed by atoms with E-state index in [1.165, 1.54) is 6.92 Å². The number of hydrogen-bond donors (Lipinski definition) is 0. The minimum Gasteiger partial charge on any atom is -0.360 e. The maximum Gasteiger partial charge on any atom is 0.240 e. The van der Waals surface area contributed by atoms with Crippen molar-refractivity contribution in [3.8, 4) is 0 Å². The van der Waals surface area contributed by atoms with Crippen LogP contribution in [-0.4, -0.2) is 67.0 Å². The molecule has 0 radical (unpaired) electrons. The largest absolute Gasteiger partial charge is 0.360 e. The Morgan fingerprint density at radius 1 is 1.38 bits per heavy atom. The number of amides is 1. The van der Waals surface area contributed by atoms with Crippen LogP contribution < -0.4 is 0 Å². The third-order valence-corrected chi connectivity index (χ3v) is 5.22. The minimum absolute atomic E-state index is 0.312. The summed E-state index contributed by atoms with van der Waals surface area (Å²) in [5.41, 5.74) is 0.848. The van der Waals surface area contributed by atoms with Crippen molar-refractivity contribution >= 4 is 15.7 Å². The zero-order valence-corrected chi connectivity index (χ0v) is 13.4. The average Bonchev–Trinajstić information content (AvgIpc) is 2.82.